The van der Waals surface area contributed by atoms with E-state index < -0.39 is 0 Å². The normalized spacial score (nSPS) is 22.6. The van der Waals surface area contributed by atoms with Crippen LogP contribution in [0.15, 0.2) is 24.3 Å². The number of nitrogens with two attached hydrogens (primary N) is 1. The third-order valence-electron chi connectivity index (χ3n) is 3.57. The highest BCUT2D eigenvalue weighted by atomic mass is 16.5. The standard InChI is InChI=1S/C16H24N2O2/c1-4-20-14-8-6-5-7-12(14)16-13(17)9-15(19)18(16)10-11(2)3/h5-8,11,13,16H,4,9-10,17H2,1-3H3. The SMILES string of the molecule is CCOc1ccccc1C1C(N)CC(=O)N1CC(C)C. The van der Waals surface area contributed by atoms with Crippen molar-refractivity contribution in [1.82, 2.24) is 4.90 Å². The first-order valence-corrected chi connectivity index (χ1v) is 7.31. The summed E-state index contributed by atoms with van der Waals surface area (Å²) in [5.41, 5.74) is 7.24. The van der Waals surface area contributed by atoms with Crippen molar-refractivity contribution < 1.29 is 9.53 Å². The number of hydrogen-bond donors (Lipinski definition) is 1. The lowest BCUT2D eigenvalue weighted by Crippen LogP contribution is -2.35. The summed E-state index contributed by atoms with van der Waals surface area (Å²) in [4.78, 5) is 14.1. The molecule has 20 heavy (non-hydrogen) atoms. The van der Waals surface area contributed by atoms with E-state index in [9.17, 15) is 4.79 Å². The molecular weight excluding hydrogens is 252 g/mol. The van der Waals surface area contributed by atoms with Gasteiger partial charge in [0.05, 0.1) is 12.6 Å². The van der Waals surface area contributed by atoms with E-state index in [0.717, 1.165) is 17.9 Å². The number of ether oxygens (including phenoxy) is 1. The Hall–Kier alpha value is -1.55. The van der Waals surface area contributed by atoms with Crippen molar-refractivity contribution >= 4 is 5.91 Å². The number of nitrogens with zero attached hydrogens (tertiary/aromatic N) is 1. The van der Waals surface area contributed by atoms with Crippen molar-refractivity contribution in [1.29, 1.82) is 0 Å². The van der Waals surface area contributed by atoms with Crippen LogP contribution in [0.5, 0.6) is 5.75 Å². The Bertz CT molecular complexity index is 473. The number of carbonyl (C=O) groups excluding carboxylic acids is 1. The van der Waals surface area contributed by atoms with Gasteiger partial charge in [-0.2, -0.15) is 0 Å². The molecule has 1 saturated heterocycles. The van der Waals surface area contributed by atoms with Crippen LogP contribution in [-0.4, -0.2) is 30.0 Å². The minimum absolute atomic E-state index is 0.0763. The number of carbonyl (C=O) groups is 1. The smallest absolute Gasteiger partial charge is 0.224 e. The Morgan fingerprint density at radius 1 is 1.40 bits per heavy atom. The molecule has 0 radical (unpaired) electrons. The molecule has 0 spiro atoms. The molecule has 1 amide bonds. The molecule has 0 aromatic heterocycles. The van der Waals surface area contributed by atoms with E-state index in [1.165, 1.54) is 0 Å². The number of rotatable bonds is 5. The summed E-state index contributed by atoms with van der Waals surface area (Å²) in [6.07, 6.45) is 0.415. The highest BCUT2D eigenvalue weighted by molar-refractivity contribution is 5.80. The predicted octanol–water partition coefficient (Wildman–Crippen LogP) is 2.34. The molecule has 110 valence electrons. The summed E-state index contributed by atoms with van der Waals surface area (Å²) in [5, 5.41) is 0. The average molecular weight is 276 g/mol. The van der Waals surface area contributed by atoms with Crippen molar-refractivity contribution in [3.8, 4) is 5.75 Å². The van der Waals surface area contributed by atoms with Crippen molar-refractivity contribution in [2.45, 2.75) is 39.3 Å². The zero-order chi connectivity index (χ0) is 14.7. The highest BCUT2D eigenvalue weighted by Crippen LogP contribution is 2.37. The second-order valence-electron chi connectivity index (χ2n) is 5.72. The molecule has 4 heteroatoms. The molecule has 1 aromatic carbocycles. The number of likely N-dealkylation sites (tertiary alicyclic amines) is 1. The maximum absolute atomic E-state index is 12.2. The Balaban J connectivity index is 2.35. The molecule has 2 rings (SSSR count). The van der Waals surface area contributed by atoms with E-state index in [4.69, 9.17) is 10.5 Å². The van der Waals surface area contributed by atoms with Crippen LogP contribution in [0.4, 0.5) is 0 Å². The maximum Gasteiger partial charge on any atom is 0.224 e. The van der Waals surface area contributed by atoms with E-state index in [1.54, 1.807) is 0 Å². The van der Waals surface area contributed by atoms with Gasteiger partial charge in [-0.3, -0.25) is 4.79 Å². The van der Waals surface area contributed by atoms with Crippen molar-refractivity contribution in [2.24, 2.45) is 11.7 Å². The fourth-order valence-corrected chi connectivity index (χ4v) is 2.84. The maximum atomic E-state index is 12.2. The van der Waals surface area contributed by atoms with Crippen LogP contribution in [0, 0.1) is 5.92 Å². The van der Waals surface area contributed by atoms with Crippen LogP contribution < -0.4 is 10.5 Å². The topological polar surface area (TPSA) is 55.6 Å². The third-order valence-corrected chi connectivity index (χ3v) is 3.57. The van der Waals surface area contributed by atoms with E-state index >= 15 is 0 Å². The zero-order valence-corrected chi connectivity index (χ0v) is 12.5. The minimum atomic E-state index is -0.164. The van der Waals surface area contributed by atoms with Gasteiger partial charge in [0, 0.05) is 24.6 Å². The molecule has 1 aliphatic heterocycles. The van der Waals surface area contributed by atoms with Crippen molar-refractivity contribution in [3.63, 3.8) is 0 Å². The van der Waals surface area contributed by atoms with Gasteiger partial charge in [0.2, 0.25) is 5.91 Å². The first kappa shape index (κ1) is 14.9. The molecule has 2 N–H and O–H groups in total. The molecule has 2 unspecified atom stereocenters. The second-order valence-corrected chi connectivity index (χ2v) is 5.72. The Labute approximate surface area is 120 Å². The van der Waals surface area contributed by atoms with Gasteiger partial charge in [-0.05, 0) is 18.9 Å². The van der Waals surface area contributed by atoms with Crippen LogP contribution in [0.2, 0.25) is 0 Å². The Kier molecular flexibility index (Phi) is 4.65. The molecule has 1 aromatic rings. The summed E-state index contributed by atoms with van der Waals surface area (Å²) in [7, 11) is 0. The first-order chi connectivity index (χ1) is 9.54. The molecule has 0 saturated carbocycles. The molecular formula is C16H24N2O2. The molecule has 1 aliphatic rings. The fraction of sp³-hybridized carbons (Fsp3) is 0.562. The molecule has 0 bridgehead atoms. The van der Waals surface area contributed by atoms with Crippen LogP contribution in [0.1, 0.15) is 38.8 Å². The van der Waals surface area contributed by atoms with Gasteiger partial charge in [-0.15, -0.1) is 0 Å². The number of hydrogen-bond acceptors (Lipinski definition) is 3. The summed E-state index contributed by atoms with van der Waals surface area (Å²) in [5.74, 6) is 1.40. The van der Waals surface area contributed by atoms with Crippen LogP contribution >= 0.6 is 0 Å². The van der Waals surface area contributed by atoms with Gasteiger partial charge in [0.25, 0.3) is 0 Å². The van der Waals surface area contributed by atoms with E-state index in [-0.39, 0.29) is 18.0 Å². The van der Waals surface area contributed by atoms with E-state index in [0.29, 0.717) is 18.9 Å². The molecule has 4 nitrogen and oxygen atoms in total. The lowest BCUT2D eigenvalue weighted by molar-refractivity contribution is -0.129. The van der Waals surface area contributed by atoms with Gasteiger partial charge in [-0.25, -0.2) is 0 Å². The van der Waals surface area contributed by atoms with Crippen LogP contribution in [0.3, 0.4) is 0 Å². The van der Waals surface area contributed by atoms with Crippen LogP contribution in [-0.2, 0) is 4.79 Å². The molecule has 2 atom stereocenters. The predicted molar refractivity (Wildman–Crippen MR) is 79.5 cm³/mol. The van der Waals surface area contributed by atoms with Gasteiger partial charge in [0.15, 0.2) is 0 Å². The monoisotopic (exact) mass is 276 g/mol. The summed E-state index contributed by atoms with van der Waals surface area (Å²) in [6.45, 7) is 7.53. The van der Waals surface area contributed by atoms with Crippen molar-refractivity contribution in [3.05, 3.63) is 29.8 Å². The van der Waals surface area contributed by atoms with Gasteiger partial charge in [0.1, 0.15) is 5.75 Å². The van der Waals surface area contributed by atoms with Gasteiger partial charge >= 0.3 is 0 Å². The Morgan fingerprint density at radius 2 is 2.10 bits per heavy atom. The Morgan fingerprint density at radius 3 is 2.75 bits per heavy atom. The summed E-state index contributed by atoms with van der Waals surface area (Å²) < 4.78 is 5.69. The first-order valence-electron chi connectivity index (χ1n) is 7.31. The quantitative estimate of drug-likeness (QED) is 0.898. The minimum Gasteiger partial charge on any atom is -0.494 e. The van der Waals surface area contributed by atoms with E-state index in [2.05, 4.69) is 13.8 Å². The third kappa shape index (κ3) is 2.96. The molecule has 1 heterocycles. The molecule has 1 fully saturated rings. The average Bonchev–Trinajstić information content (AvgIpc) is 2.65. The van der Waals surface area contributed by atoms with E-state index in [1.807, 2.05) is 36.1 Å². The number of amides is 1. The summed E-state index contributed by atoms with van der Waals surface area (Å²) >= 11 is 0. The lowest BCUT2D eigenvalue weighted by Gasteiger charge is -2.30. The highest BCUT2D eigenvalue weighted by Gasteiger charge is 2.39. The second kappa shape index (κ2) is 6.27. The largest absolute Gasteiger partial charge is 0.494 e. The number of para-hydroxylation sites is 1. The van der Waals surface area contributed by atoms with Gasteiger partial charge in [-0.1, -0.05) is 32.0 Å². The van der Waals surface area contributed by atoms with Gasteiger partial charge < -0.3 is 15.4 Å². The number of benzene rings is 1. The summed E-state index contributed by atoms with van der Waals surface area (Å²) in [6, 6.07) is 7.64. The molecule has 0 aliphatic carbocycles. The van der Waals surface area contributed by atoms with Crippen LogP contribution in [0.25, 0.3) is 0 Å². The lowest BCUT2D eigenvalue weighted by atomic mass is 9.99. The van der Waals surface area contributed by atoms with Crippen molar-refractivity contribution in [2.75, 3.05) is 13.2 Å². The zero-order valence-electron chi connectivity index (χ0n) is 12.5. The fourth-order valence-electron chi connectivity index (χ4n) is 2.84.